The van der Waals surface area contributed by atoms with Crippen LogP contribution in [0.2, 0.25) is 5.02 Å². The van der Waals surface area contributed by atoms with E-state index in [1.807, 2.05) is 29.2 Å². The van der Waals surface area contributed by atoms with Crippen LogP contribution in [-0.4, -0.2) is 46.5 Å². The number of aromatic nitrogens is 2. The highest BCUT2D eigenvalue weighted by Crippen LogP contribution is 2.29. The van der Waals surface area contributed by atoms with E-state index in [2.05, 4.69) is 41.5 Å². The Labute approximate surface area is 201 Å². The fourth-order valence-electron chi connectivity index (χ4n) is 5.09. The van der Waals surface area contributed by atoms with Crippen molar-refractivity contribution in [3.63, 3.8) is 0 Å². The molecule has 0 saturated carbocycles. The summed E-state index contributed by atoms with van der Waals surface area (Å²) in [6.45, 7) is 8.37. The molecule has 1 fully saturated rings. The van der Waals surface area contributed by atoms with E-state index >= 15 is 0 Å². The molecular weight excluding hydrogens is 432 g/mol. The standard InChI is InChI=1S/C27H31ClN4O/c1-19-7-6-9-23(20(19)2)30-15-17-31(18-16-30)27(33)25-24-8-4-3-5-14-32(24)26(29-25)21-10-12-22(28)13-11-21/h6-7,9-13H,3-5,8,14-18H2,1-2H3. The fourth-order valence-corrected chi connectivity index (χ4v) is 5.21. The molecule has 3 aromatic rings. The van der Waals surface area contributed by atoms with Gasteiger partial charge < -0.3 is 14.4 Å². The van der Waals surface area contributed by atoms with Gasteiger partial charge in [0, 0.05) is 49.0 Å². The van der Waals surface area contributed by atoms with E-state index < -0.39 is 0 Å². The second-order valence-corrected chi connectivity index (χ2v) is 9.63. The second-order valence-electron chi connectivity index (χ2n) is 9.20. The molecule has 1 saturated heterocycles. The first-order valence-electron chi connectivity index (χ1n) is 12.0. The van der Waals surface area contributed by atoms with E-state index in [1.54, 1.807) is 0 Å². The van der Waals surface area contributed by atoms with Crippen LogP contribution in [0.5, 0.6) is 0 Å². The van der Waals surface area contributed by atoms with Gasteiger partial charge in [-0.3, -0.25) is 4.79 Å². The first-order chi connectivity index (χ1) is 16.0. The smallest absolute Gasteiger partial charge is 0.274 e. The summed E-state index contributed by atoms with van der Waals surface area (Å²) in [5.74, 6) is 0.961. The third kappa shape index (κ3) is 4.26. The minimum absolute atomic E-state index is 0.0708. The fraction of sp³-hybridized carbons (Fsp3) is 0.407. The van der Waals surface area contributed by atoms with Crippen molar-refractivity contribution in [3.8, 4) is 11.4 Å². The van der Waals surface area contributed by atoms with Gasteiger partial charge in [-0.25, -0.2) is 4.98 Å². The number of anilines is 1. The molecule has 33 heavy (non-hydrogen) atoms. The molecule has 0 bridgehead atoms. The summed E-state index contributed by atoms with van der Waals surface area (Å²) in [6, 6.07) is 14.2. The molecule has 0 N–H and O–H groups in total. The largest absolute Gasteiger partial charge is 0.368 e. The number of carbonyl (C=O) groups excluding carboxylic acids is 1. The number of hydrogen-bond acceptors (Lipinski definition) is 3. The molecule has 5 nitrogen and oxygen atoms in total. The van der Waals surface area contributed by atoms with Crippen LogP contribution < -0.4 is 4.90 Å². The van der Waals surface area contributed by atoms with E-state index in [4.69, 9.17) is 16.6 Å². The molecule has 0 aliphatic carbocycles. The zero-order valence-corrected chi connectivity index (χ0v) is 20.2. The lowest BCUT2D eigenvalue weighted by molar-refractivity contribution is 0.0740. The lowest BCUT2D eigenvalue weighted by Crippen LogP contribution is -2.49. The Hall–Kier alpha value is -2.79. The van der Waals surface area contributed by atoms with Gasteiger partial charge >= 0.3 is 0 Å². The van der Waals surface area contributed by atoms with E-state index in [0.29, 0.717) is 10.7 Å². The number of imidazole rings is 1. The molecule has 2 aliphatic rings. The van der Waals surface area contributed by atoms with Crippen molar-refractivity contribution < 1.29 is 4.79 Å². The van der Waals surface area contributed by atoms with Crippen LogP contribution in [0.25, 0.3) is 11.4 Å². The molecular formula is C27H31ClN4O. The predicted molar refractivity (Wildman–Crippen MR) is 134 cm³/mol. The first-order valence-corrected chi connectivity index (χ1v) is 12.4. The molecule has 2 aromatic carbocycles. The van der Waals surface area contributed by atoms with Crippen LogP contribution in [0, 0.1) is 13.8 Å². The summed E-state index contributed by atoms with van der Waals surface area (Å²) < 4.78 is 2.27. The summed E-state index contributed by atoms with van der Waals surface area (Å²) in [6.07, 6.45) is 4.31. The van der Waals surface area contributed by atoms with Crippen LogP contribution in [0.1, 0.15) is 46.6 Å². The zero-order valence-electron chi connectivity index (χ0n) is 19.5. The van der Waals surface area contributed by atoms with Crippen LogP contribution in [0.15, 0.2) is 42.5 Å². The van der Waals surface area contributed by atoms with Gasteiger partial charge in [-0.1, -0.05) is 30.2 Å². The number of amides is 1. The molecule has 1 amide bonds. The van der Waals surface area contributed by atoms with Gasteiger partial charge in [0.25, 0.3) is 5.91 Å². The zero-order chi connectivity index (χ0) is 22.9. The van der Waals surface area contributed by atoms with E-state index in [-0.39, 0.29) is 5.91 Å². The van der Waals surface area contributed by atoms with Crippen LogP contribution in [0.3, 0.4) is 0 Å². The highest BCUT2D eigenvalue weighted by molar-refractivity contribution is 6.30. The molecule has 6 heteroatoms. The Balaban J connectivity index is 1.40. The van der Waals surface area contributed by atoms with Crippen molar-refractivity contribution >= 4 is 23.2 Å². The SMILES string of the molecule is Cc1cccc(N2CCN(C(=O)c3nc(-c4ccc(Cl)cc4)n4c3CCCCC4)CC2)c1C. The number of aryl methyl sites for hydroxylation is 1. The Bertz CT molecular complexity index is 1160. The summed E-state index contributed by atoms with van der Waals surface area (Å²) in [4.78, 5) is 23.0. The van der Waals surface area contributed by atoms with E-state index in [0.717, 1.165) is 69.1 Å². The summed E-state index contributed by atoms with van der Waals surface area (Å²) in [5.41, 5.74) is 6.66. The van der Waals surface area contributed by atoms with E-state index in [9.17, 15) is 4.79 Å². The maximum Gasteiger partial charge on any atom is 0.274 e. The van der Waals surface area contributed by atoms with Crippen molar-refractivity contribution in [2.45, 2.75) is 46.1 Å². The maximum atomic E-state index is 13.7. The van der Waals surface area contributed by atoms with Gasteiger partial charge in [0.05, 0.1) is 5.69 Å². The average Bonchev–Trinajstić information content (AvgIpc) is 3.01. The molecule has 5 rings (SSSR count). The number of fused-ring (bicyclic) bond motifs is 1. The molecule has 0 spiro atoms. The predicted octanol–water partition coefficient (Wildman–Crippen LogP) is 5.51. The average molecular weight is 463 g/mol. The van der Waals surface area contributed by atoms with E-state index in [1.165, 1.54) is 23.2 Å². The van der Waals surface area contributed by atoms with Crippen molar-refractivity contribution in [3.05, 3.63) is 70.0 Å². The number of hydrogen-bond donors (Lipinski definition) is 0. The molecule has 0 unspecified atom stereocenters. The third-order valence-corrected chi connectivity index (χ3v) is 7.41. The molecule has 1 aromatic heterocycles. The maximum absolute atomic E-state index is 13.7. The van der Waals surface area contributed by atoms with Crippen molar-refractivity contribution in [1.29, 1.82) is 0 Å². The number of halogens is 1. The molecule has 2 aliphatic heterocycles. The van der Waals surface area contributed by atoms with Crippen molar-refractivity contribution in [1.82, 2.24) is 14.5 Å². The van der Waals surface area contributed by atoms with Gasteiger partial charge in [-0.05, 0) is 74.6 Å². The quantitative estimate of drug-likeness (QED) is 0.515. The first kappa shape index (κ1) is 22.0. The second kappa shape index (κ2) is 9.22. The summed E-state index contributed by atoms with van der Waals surface area (Å²) >= 11 is 6.11. The number of nitrogens with zero attached hydrogens (tertiary/aromatic N) is 4. The topological polar surface area (TPSA) is 41.4 Å². The van der Waals surface area contributed by atoms with Gasteiger partial charge in [-0.15, -0.1) is 0 Å². The normalized spacial score (nSPS) is 16.5. The minimum Gasteiger partial charge on any atom is -0.368 e. The van der Waals surface area contributed by atoms with Crippen LogP contribution >= 0.6 is 11.6 Å². The van der Waals surface area contributed by atoms with Gasteiger partial charge in [-0.2, -0.15) is 0 Å². The Morgan fingerprint density at radius 2 is 1.67 bits per heavy atom. The van der Waals surface area contributed by atoms with Crippen LogP contribution in [0.4, 0.5) is 5.69 Å². The van der Waals surface area contributed by atoms with Crippen molar-refractivity contribution in [2.75, 3.05) is 31.1 Å². The summed E-state index contributed by atoms with van der Waals surface area (Å²) in [5, 5.41) is 0.708. The Kier molecular flexibility index (Phi) is 6.15. The lowest BCUT2D eigenvalue weighted by Gasteiger charge is -2.37. The Morgan fingerprint density at radius 1 is 0.909 bits per heavy atom. The molecule has 0 atom stereocenters. The number of rotatable bonds is 3. The molecule has 0 radical (unpaired) electrons. The number of benzene rings is 2. The highest BCUT2D eigenvalue weighted by atomic mass is 35.5. The van der Waals surface area contributed by atoms with Crippen molar-refractivity contribution in [2.24, 2.45) is 0 Å². The highest BCUT2D eigenvalue weighted by Gasteiger charge is 2.29. The lowest BCUT2D eigenvalue weighted by atomic mass is 10.1. The Morgan fingerprint density at radius 3 is 2.42 bits per heavy atom. The number of piperazine rings is 1. The van der Waals surface area contributed by atoms with Crippen LogP contribution in [-0.2, 0) is 13.0 Å². The monoisotopic (exact) mass is 462 g/mol. The summed E-state index contributed by atoms with van der Waals surface area (Å²) in [7, 11) is 0. The number of carbonyl (C=O) groups is 1. The third-order valence-electron chi connectivity index (χ3n) is 7.16. The molecule has 172 valence electrons. The minimum atomic E-state index is 0.0708. The molecule has 3 heterocycles. The van der Waals surface area contributed by atoms with Gasteiger partial charge in [0.2, 0.25) is 0 Å². The van der Waals surface area contributed by atoms with Gasteiger partial charge in [0.1, 0.15) is 11.5 Å². The van der Waals surface area contributed by atoms with Gasteiger partial charge in [0.15, 0.2) is 0 Å².